The Morgan fingerprint density at radius 1 is 1.53 bits per heavy atom. The second kappa shape index (κ2) is 3.56. The molecule has 1 aliphatic rings. The van der Waals surface area contributed by atoms with Gasteiger partial charge >= 0.3 is 0 Å². The summed E-state index contributed by atoms with van der Waals surface area (Å²) in [7, 11) is 1.62. The van der Waals surface area contributed by atoms with Crippen LogP contribution in [0.15, 0.2) is 0 Å². The van der Waals surface area contributed by atoms with Gasteiger partial charge in [0, 0.05) is 5.54 Å². The van der Waals surface area contributed by atoms with Crippen molar-refractivity contribution in [3.05, 3.63) is 0 Å². The SMILES string of the molecule is COc1c(N)nsc1NC(C)(C)C1CC1. The average molecular weight is 227 g/mol. The predicted molar refractivity (Wildman–Crippen MR) is 63.5 cm³/mol. The molecule has 5 heteroatoms. The second-order valence-electron chi connectivity index (χ2n) is 4.55. The van der Waals surface area contributed by atoms with Gasteiger partial charge in [-0.15, -0.1) is 0 Å². The molecular weight excluding hydrogens is 210 g/mol. The summed E-state index contributed by atoms with van der Waals surface area (Å²) < 4.78 is 9.31. The van der Waals surface area contributed by atoms with Crippen LogP contribution in [0.4, 0.5) is 10.8 Å². The van der Waals surface area contributed by atoms with E-state index in [1.54, 1.807) is 7.11 Å². The topological polar surface area (TPSA) is 60.2 Å². The third-order valence-corrected chi connectivity index (χ3v) is 3.67. The Morgan fingerprint density at radius 2 is 2.20 bits per heavy atom. The van der Waals surface area contributed by atoms with E-state index in [9.17, 15) is 0 Å². The van der Waals surface area contributed by atoms with Gasteiger partial charge < -0.3 is 15.8 Å². The summed E-state index contributed by atoms with van der Waals surface area (Å²) in [5.41, 5.74) is 5.80. The lowest BCUT2D eigenvalue weighted by molar-refractivity contribution is 0.416. The maximum atomic E-state index is 5.70. The van der Waals surface area contributed by atoms with Crippen LogP contribution in [0.1, 0.15) is 26.7 Å². The number of nitrogens with one attached hydrogen (secondary N) is 1. The van der Waals surface area contributed by atoms with E-state index in [1.165, 1.54) is 24.4 Å². The maximum Gasteiger partial charge on any atom is 0.197 e. The number of hydrogen-bond donors (Lipinski definition) is 2. The Balaban J connectivity index is 2.15. The molecule has 2 rings (SSSR count). The van der Waals surface area contributed by atoms with E-state index in [0.717, 1.165) is 10.9 Å². The van der Waals surface area contributed by atoms with Crippen molar-refractivity contribution >= 4 is 22.4 Å². The van der Waals surface area contributed by atoms with Gasteiger partial charge in [0.1, 0.15) is 0 Å². The Hall–Kier alpha value is -0.970. The number of nitrogens with two attached hydrogens (primary N) is 1. The van der Waals surface area contributed by atoms with E-state index >= 15 is 0 Å². The number of nitrogens with zero attached hydrogens (tertiary/aromatic N) is 1. The van der Waals surface area contributed by atoms with Crippen LogP contribution in [-0.4, -0.2) is 17.0 Å². The smallest absolute Gasteiger partial charge is 0.197 e. The third kappa shape index (κ3) is 2.02. The molecule has 0 bridgehead atoms. The number of anilines is 2. The number of nitrogen functional groups attached to an aromatic ring is 1. The van der Waals surface area contributed by atoms with Crippen molar-refractivity contribution in [2.24, 2.45) is 5.92 Å². The molecule has 0 amide bonds. The zero-order valence-electron chi connectivity index (χ0n) is 9.33. The molecule has 0 spiro atoms. The first-order valence-electron chi connectivity index (χ1n) is 5.12. The molecule has 1 fully saturated rings. The standard InChI is InChI=1S/C10H17N3OS/c1-10(2,6-4-5-6)12-9-7(14-3)8(11)13-15-9/h6,12H,4-5H2,1-3H3,(H2,11,13). The summed E-state index contributed by atoms with van der Waals surface area (Å²) in [6.07, 6.45) is 2.60. The fourth-order valence-corrected chi connectivity index (χ4v) is 2.62. The quantitative estimate of drug-likeness (QED) is 0.828. The first-order chi connectivity index (χ1) is 7.04. The first-order valence-corrected chi connectivity index (χ1v) is 5.89. The molecule has 1 aromatic heterocycles. The second-order valence-corrected chi connectivity index (χ2v) is 5.32. The van der Waals surface area contributed by atoms with Gasteiger partial charge in [-0.1, -0.05) is 0 Å². The maximum absolute atomic E-state index is 5.70. The molecule has 1 aromatic rings. The summed E-state index contributed by atoms with van der Waals surface area (Å²) in [6, 6.07) is 0. The minimum atomic E-state index is 0.103. The van der Waals surface area contributed by atoms with Gasteiger partial charge in [-0.25, -0.2) is 0 Å². The summed E-state index contributed by atoms with van der Waals surface area (Å²) >= 11 is 1.36. The van der Waals surface area contributed by atoms with Crippen LogP contribution in [0.5, 0.6) is 5.75 Å². The molecule has 3 N–H and O–H groups in total. The largest absolute Gasteiger partial charge is 0.490 e. The van der Waals surface area contributed by atoms with Crippen LogP contribution in [-0.2, 0) is 0 Å². The molecule has 0 aromatic carbocycles. The van der Waals surface area contributed by atoms with Gasteiger partial charge in [-0.2, -0.15) is 4.37 Å². The fraction of sp³-hybridized carbons (Fsp3) is 0.700. The van der Waals surface area contributed by atoms with E-state index in [-0.39, 0.29) is 5.54 Å². The molecule has 0 aliphatic heterocycles. The molecule has 0 atom stereocenters. The summed E-state index contributed by atoms with van der Waals surface area (Å²) in [5, 5.41) is 4.41. The summed E-state index contributed by atoms with van der Waals surface area (Å²) in [6.45, 7) is 4.42. The summed E-state index contributed by atoms with van der Waals surface area (Å²) in [5.74, 6) is 1.90. The zero-order valence-corrected chi connectivity index (χ0v) is 10.1. The zero-order chi connectivity index (χ0) is 11.1. The van der Waals surface area contributed by atoms with Gasteiger partial charge in [0.05, 0.1) is 7.11 Å². The molecule has 0 saturated heterocycles. The highest BCUT2D eigenvalue weighted by atomic mass is 32.1. The molecule has 1 saturated carbocycles. The number of ether oxygens (including phenoxy) is 1. The van der Waals surface area contributed by atoms with Crippen LogP contribution in [0, 0.1) is 5.92 Å². The molecule has 84 valence electrons. The number of hydrogen-bond acceptors (Lipinski definition) is 5. The molecule has 4 nitrogen and oxygen atoms in total. The van der Waals surface area contributed by atoms with Gasteiger partial charge in [-0.05, 0) is 44.1 Å². The van der Waals surface area contributed by atoms with Gasteiger partial charge in [0.25, 0.3) is 0 Å². The minimum Gasteiger partial charge on any atom is -0.490 e. The van der Waals surface area contributed by atoms with Gasteiger partial charge in [0.2, 0.25) is 0 Å². The highest BCUT2D eigenvalue weighted by Crippen LogP contribution is 2.44. The predicted octanol–water partition coefficient (Wildman–Crippen LogP) is 2.33. The van der Waals surface area contributed by atoms with Crippen LogP contribution < -0.4 is 15.8 Å². The average Bonchev–Trinajstić information content (AvgIpc) is 2.94. The van der Waals surface area contributed by atoms with Gasteiger partial charge in [-0.3, -0.25) is 0 Å². The molecular formula is C10H17N3OS. The molecule has 1 heterocycles. The van der Waals surface area contributed by atoms with Gasteiger partial charge in [0.15, 0.2) is 16.6 Å². The Labute approximate surface area is 94.0 Å². The lowest BCUT2D eigenvalue weighted by Gasteiger charge is -2.26. The van der Waals surface area contributed by atoms with Crippen LogP contribution in [0.2, 0.25) is 0 Å². The highest BCUT2D eigenvalue weighted by Gasteiger charge is 2.38. The van der Waals surface area contributed by atoms with Crippen molar-refractivity contribution < 1.29 is 4.74 Å². The number of methoxy groups -OCH3 is 1. The first kappa shape index (κ1) is 10.5. The van der Waals surface area contributed by atoms with E-state index in [2.05, 4.69) is 23.5 Å². The van der Waals surface area contributed by atoms with Crippen LogP contribution in [0.3, 0.4) is 0 Å². The van der Waals surface area contributed by atoms with Crippen LogP contribution >= 0.6 is 11.5 Å². The lowest BCUT2D eigenvalue weighted by atomic mass is 9.99. The highest BCUT2D eigenvalue weighted by molar-refractivity contribution is 7.11. The van der Waals surface area contributed by atoms with Crippen LogP contribution in [0.25, 0.3) is 0 Å². The molecule has 15 heavy (non-hydrogen) atoms. The fourth-order valence-electron chi connectivity index (χ4n) is 1.77. The molecule has 0 unspecified atom stereocenters. The van der Waals surface area contributed by atoms with E-state index in [0.29, 0.717) is 11.6 Å². The van der Waals surface area contributed by atoms with E-state index in [1.807, 2.05) is 0 Å². The minimum absolute atomic E-state index is 0.103. The molecule has 1 aliphatic carbocycles. The number of aromatic nitrogens is 1. The van der Waals surface area contributed by atoms with E-state index < -0.39 is 0 Å². The lowest BCUT2D eigenvalue weighted by Crippen LogP contribution is -2.32. The van der Waals surface area contributed by atoms with Crippen molar-refractivity contribution in [3.8, 4) is 5.75 Å². The Bertz CT molecular complexity index is 358. The van der Waals surface area contributed by atoms with Crippen molar-refractivity contribution in [1.29, 1.82) is 0 Å². The van der Waals surface area contributed by atoms with Crippen molar-refractivity contribution in [1.82, 2.24) is 4.37 Å². The normalized spacial score (nSPS) is 16.5. The van der Waals surface area contributed by atoms with Crippen molar-refractivity contribution in [2.45, 2.75) is 32.2 Å². The van der Waals surface area contributed by atoms with E-state index in [4.69, 9.17) is 10.5 Å². The third-order valence-electron chi connectivity index (χ3n) is 2.91. The Morgan fingerprint density at radius 3 is 2.73 bits per heavy atom. The molecule has 0 radical (unpaired) electrons. The number of rotatable bonds is 4. The summed E-state index contributed by atoms with van der Waals surface area (Å²) in [4.78, 5) is 0. The van der Waals surface area contributed by atoms with Crippen molar-refractivity contribution in [3.63, 3.8) is 0 Å². The Kier molecular flexibility index (Phi) is 2.50. The van der Waals surface area contributed by atoms with Crippen molar-refractivity contribution in [2.75, 3.05) is 18.2 Å². The monoisotopic (exact) mass is 227 g/mol.